The molecule has 3 rings (SSSR count). The number of carbonyl (C=O) groups excluding carboxylic acids is 1. The van der Waals surface area contributed by atoms with Crippen LogP contribution in [0, 0.1) is 6.92 Å². The molecular formula is C19H21N5O4S2. The fourth-order valence-electron chi connectivity index (χ4n) is 2.51. The summed E-state index contributed by atoms with van der Waals surface area (Å²) >= 11 is 1.23. The number of hydrogen-bond donors (Lipinski definition) is 2. The summed E-state index contributed by atoms with van der Waals surface area (Å²) in [4.78, 5) is 12.2. The Morgan fingerprint density at radius 2 is 1.87 bits per heavy atom. The summed E-state index contributed by atoms with van der Waals surface area (Å²) < 4.78 is 30.1. The van der Waals surface area contributed by atoms with Crippen molar-refractivity contribution in [3.05, 3.63) is 59.9 Å². The van der Waals surface area contributed by atoms with Crippen LogP contribution in [0.2, 0.25) is 0 Å². The zero-order valence-electron chi connectivity index (χ0n) is 16.4. The summed E-state index contributed by atoms with van der Waals surface area (Å²) in [7, 11) is -1.96. The van der Waals surface area contributed by atoms with Crippen molar-refractivity contribution in [3.8, 4) is 5.75 Å². The molecule has 1 amide bonds. The van der Waals surface area contributed by atoms with Gasteiger partial charge in [-0.2, -0.15) is 0 Å². The number of rotatable bonds is 8. The first-order valence-electron chi connectivity index (χ1n) is 8.86. The number of nitrogens with zero attached hydrogens (tertiary/aromatic N) is 3. The van der Waals surface area contributed by atoms with Crippen molar-refractivity contribution in [1.82, 2.24) is 14.8 Å². The molecule has 0 fully saturated rings. The van der Waals surface area contributed by atoms with Crippen LogP contribution in [0.1, 0.15) is 11.4 Å². The first-order valence-corrected chi connectivity index (χ1v) is 11.4. The molecule has 0 saturated heterocycles. The predicted molar refractivity (Wildman–Crippen MR) is 114 cm³/mol. The molecule has 0 bridgehead atoms. The Hall–Kier alpha value is -2.89. The van der Waals surface area contributed by atoms with E-state index in [-0.39, 0.29) is 23.2 Å². The minimum Gasteiger partial charge on any atom is -0.485 e. The number of benzene rings is 2. The molecule has 0 radical (unpaired) electrons. The summed E-state index contributed by atoms with van der Waals surface area (Å²) in [5, 5.41) is 16.6. The van der Waals surface area contributed by atoms with Crippen LogP contribution in [-0.4, -0.2) is 34.8 Å². The number of aromatic nitrogens is 3. The number of sulfonamides is 1. The van der Waals surface area contributed by atoms with Crippen molar-refractivity contribution in [2.24, 2.45) is 12.2 Å². The SMILES string of the molecule is Cc1ccccc1OCc1nnc(SCC(=O)Nc2ccc(S(N)(=O)=O)cc2)n1C. The summed E-state index contributed by atoms with van der Waals surface area (Å²) in [6.07, 6.45) is 0. The molecule has 11 heteroatoms. The van der Waals surface area contributed by atoms with Crippen LogP contribution in [0.15, 0.2) is 58.6 Å². The van der Waals surface area contributed by atoms with Gasteiger partial charge in [-0.15, -0.1) is 10.2 Å². The van der Waals surface area contributed by atoms with E-state index in [1.807, 2.05) is 38.2 Å². The molecule has 0 aliphatic carbocycles. The molecule has 9 nitrogen and oxygen atoms in total. The minimum absolute atomic E-state index is 0.0191. The number of aryl methyl sites for hydroxylation is 1. The average molecular weight is 448 g/mol. The number of anilines is 1. The molecule has 0 unspecified atom stereocenters. The van der Waals surface area contributed by atoms with Gasteiger partial charge in [-0.1, -0.05) is 30.0 Å². The molecule has 3 N–H and O–H groups in total. The standard InChI is InChI=1S/C19H21N5O4S2/c1-13-5-3-4-6-16(13)28-11-17-22-23-19(24(17)2)29-12-18(25)21-14-7-9-15(10-8-14)30(20,26)27/h3-10H,11-12H2,1-2H3,(H,21,25)(H2,20,26,27). The van der Waals surface area contributed by atoms with Crippen LogP contribution in [-0.2, 0) is 28.5 Å². The number of ether oxygens (including phenoxy) is 1. The second-order valence-corrected chi connectivity index (χ2v) is 8.92. The quantitative estimate of drug-likeness (QED) is 0.506. The molecule has 30 heavy (non-hydrogen) atoms. The van der Waals surface area contributed by atoms with Crippen molar-refractivity contribution in [3.63, 3.8) is 0 Å². The number of primary sulfonamides is 1. The fourth-order valence-corrected chi connectivity index (χ4v) is 3.76. The van der Waals surface area contributed by atoms with Crippen LogP contribution < -0.4 is 15.2 Å². The Morgan fingerprint density at radius 3 is 2.53 bits per heavy atom. The third-order valence-electron chi connectivity index (χ3n) is 4.17. The van der Waals surface area contributed by atoms with E-state index in [9.17, 15) is 13.2 Å². The number of amides is 1. The maximum absolute atomic E-state index is 12.2. The zero-order valence-corrected chi connectivity index (χ0v) is 18.0. The molecule has 0 aliphatic heterocycles. The van der Waals surface area contributed by atoms with Gasteiger partial charge in [-0.3, -0.25) is 4.79 Å². The van der Waals surface area contributed by atoms with E-state index >= 15 is 0 Å². The lowest BCUT2D eigenvalue weighted by molar-refractivity contribution is -0.113. The third kappa shape index (κ3) is 5.59. The number of nitrogens with one attached hydrogen (secondary N) is 1. The van der Waals surface area contributed by atoms with Crippen LogP contribution >= 0.6 is 11.8 Å². The summed E-state index contributed by atoms with van der Waals surface area (Å²) in [6, 6.07) is 13.3. The van der Waals surface area contributed by atoms with Crippen LogP contribution in [0.3, 0.4) is 0 Å². The Labute approximate surface area is 178 Å². The van der Waals surface area contributed by atoms with Crippen LogP contribution in [0.25, 0.3) is 0 Å². The van der Waals surface area contributed by atoms with Gasteiger partial charge in [0.2, 0.25) is 15.9 Å². The predicted octanol–water partition coefficient (Wildman–Crippen LogP) is 2.08. The molecular weight excluding hydrogens is 426 g/mol. The molecule has 158 valence electrons. The summed E-state index contributed by atoms with van der Waals surface area (Å²) in [5.41, 5.74) is 1.50. The van der Waals surface area contributed by atoms with E-state index in [0.29, 0.717) is 16.7 Å². The Morgan fingerprint density at radius 1 is 1.17 bits per heavy atom. The van der Waals surface area contributed by atoms with Crippen molar-refractivity contribution < 1.29 is 17.9 Å². The molecule has 2 aromatic carbocycles. The van der Waals surface area contributed by atoms with Gasteiger partial charge >= 0.3 is 0 Å². The maximum atomic E-state index is 12.2. The van der Waals surface area contributed by atoms with E-state index in [1.54, 1.807) is 4.57 Å². The molecule has 0 saturated carbocycles. The van der Waals surface area contributed by atoms with E-state index in [2.05, 4.69) is 15.5 Å². The molecule has 3 aromatic rings. The van der Waals surface area contributed by atoms with E-state index < -0.39 is 10.0 Å². The number of carbonyl (C=O) groups is 1. The number of nitrogens with two attached hydrogens (primary N) is 1. The average Bonchev–Trinajstić information content (AvgIpc) is 3.05. The Balaban J connectivity index is 1.53. The van der Waals surface area contributed by atoms with Crippen molar-refractivity contribution in [2.75, 3.05) is 11.1 Å². The van der Waals surface area contributed by atoms with Gasteiger partial charge in [0.15, 0.2) is 11.0 Å². The topological polar surface area (TPSA) is 129 Å². The first-order chi connectivity index (χ1) is 14.2. The highest BCUT2D eigenvalue weighted by molar-refractivity contribution is 7.99. The van der Waals surface area contributed by atoms with Crippen LogP contribution in [0.5, 0.6) is 5.75 Å². The van der Waals surface area contributed by atoms with E-state index in [4.69, 9.17) is 9.88 Å². The van der Waals surface area contributed by atoms with Gasteiger partial charge in [0.05, 0.1) is 10.6 Å². The molecule has 1 heterocycles. The second-order valence-electron chi connectivity index (χ2n) is 6.42. The van der Waals surface area contributed by atoms with Crippen molar-refractivity contribution in [2.45, 2.75) is 23.6 Å². The molecule has 1 aromatic heterocycles. The number of para-hydroxylation sites is 1. The first kappa shape index (κ1) is 21.8. The Bertz CT molecular complexity index is 1140. The van der Waals surface area contributed by atoms with E-state index in [1.165, 1.54) is 36.0 Å². The van der Waals surface area contributed by atoms with Gasteiger partial charge < -0.3 is 14.6 Å². The lowest BCUT2D eigenvalue weighted by Gasteiger charge is -2.09. The van der Waals surface area contributed by atoms with Crippen molar-refractivity contribution >= 4 is 33.4 Å². The normalized spacial score (nSPS) is 11.3. The molecule has 0 aliphatic rings. The second kappa shape index (κ2) is 9.28. The zero-order chi connectivity index (χ0) is 21.7. The molecule has 0 atom stereocenters. The minimum atomic E-state index is -3.77. The maximum Gasteiger partial charge on any atom is 0.238 e. The largest absolute Gasteiger partial charge is 0.485 e. The smallest absolute Gasteiger partial charge is 0.238 e. The lowest BCUT2D eigenvalue weighted by Crippen LogP contribution is -2.15. The highest BCUT2D eigenvalue weighted by Gasteiger charge is 2.13. The van der Waals surface area contributed by atoms with Gasteiger partial charge in [0.1, 0.15) is 12.4 Å². The van der Waals surface area contributed by atoms with Gasteiger partial charge in [0, 0.05) is 12.7 Å². The lowest BCUT2D eigenvalue weighted by atomic mass is 10.2. The van der Waals surface area contributed by atoms with Gasteiger partial charge in [-0.25, -0.2) is 13.6 Å². The highest BCUT2D eigenvalue weighted by atomic mass is 32.2. The van der Waals surface area contributed by atoms with Gasteiger partial charge in [-0.05, 0) is 42.8 Å². The van der Waals surface area contributed by atoms with E-state index in [0.717, 1.165) is 11.3 Å². The summed E-state index contributed by atoms with van der Waals surface area (Å²) in [5.74, 6) is 1.27. The number of thioether (sulfide) groups is 1. The number of hydrogen-bond acceptors (Lipinski definition) is 7. The highest BCUT2D eigenvalue weighted by Crippen LogP contribution is 2.20. The third-order valence-corrected chi connectivity index (χ3v) is 6.12. The Kier molecular flexibility index (Phi) is 6.75. The van der Waals surface area contributed by atoms with Crippen LogP contribution in [0.4, 0.5) is 5.69 Å². The summed E-state index contributed by atoms with van der Waals surface area (Å²) in [6.45, 7) is 2.23. The van der Waals surface area contributed by atoms with Gasteiger partial charge in [0.25, 0.3) is 0 Å². The fraction of sp³-hybridized carbons (Fsp3) is 0.211. The van der Waals surface area contributed by atoms with Crippen molar-refractivity contribution in [1.29, 1.82) is 0 Å². The molecule has 0 spiro atoms. The monoisotopic (exact) mass is 447 g/mol.